The number of carbonyl (C=O) groups excluding carboxylic acids is 1. The molecule has 0 spiro atoms. The zero-order chi connectivity index (χ0) is 20.0. The minimum Gasteiger partial charge on any atom is -0.497 e. The molecule has 0 aliphatic carbocycles. The van der Waals surface area contributed by atoms with Gasteiger partial charge in [0.05, 0.1) is 7.11 Å². The Morgan fingerprint density at radius 2 is 1.97 bits per heavy atom. The predicted octanol–water partition coefficient (Wildman–Crippen LogP) is 5.25. The molecule has 2 aromatic carbocycles. The third-order valence-corrected chi connectivity index (χ3v) is 6.03. The monoisotopic (exact) mass is 388 g/mol. The van der Waals surface area contributed by atoms with E-state index in [1.54, 1.807) is 7.11 Å². The quantitative estimate of drug-likeness (QED) is 0.521. The number of furan rings is 1. The first-order valence-corrected chi connectivity index (χ1v) is 10.1. The number of fused-ring (bicyclic) bond motifs is 2. The fourth-order valence-electron chi connectivity index (χ4n) is 4.40. The molecule has 2 aromatic heterocycles. The molecule has 1 amide bonds. The molecule has 0 radical (unpaired) electrons. The molecule has 1 aliphatic rings. The third-order valence-electron chi connectivity index (χ3n) is 6.03. The van der Waals surface area contributed by atoms with Crippen LogP contribution in [0.15, 0.2) is 53.1 Å². The minimum atomic E-state index is -0.0158. The van der Waals surface area contributed by atoms with Crippen LogP contribution in [0.25, 0.3) is 21.9 Å². The van der Waals surface area contributed by atoms with Gasteiger partial charge in [-0.15, -0.1) is 0 Å². The summed E-state index contributed by atoms with van der Waals surface area (Å²) in [5, 5.41) is 2.19. The van der Waals surface area contributed by atoms with Gasteiger partial charge in [0.25, 0.3) is 5.91 Å². The van der Waals surface area contributed by atoms with Gasteiger partial charge in [-0.25, -0.2) is 0 Å². The Hall–Kier alpha value is -3.21. The number of H-pyrrole nitrogens is 1. The van der Waals surface area contributed by atoms with E-state index in [4.69, 9.17) is 9.15 Å². The number of amides is 1. The topological polar surface area (TPSA) is 58.5 Å². The van der Waals surface area contributed by atoms with E-state index in [0.29, 0.717) is 11.7 Å². The lowest BCUT2D eigenvalue weighted by Gasteiger charge is -2.31. The first-order chi connectivity index (χ1) is 14.1. The average Bonchev–Trinajstić information content (AvgIpc) is 3.36. The van der Waals surface area contributed by atoms with Crippen LogP contribution in [-0.2, 0) is 0 Å². The largest absolute Gasteiger partial charge is 0.497 e. The standard InChI is InChI=1S/C24H24N2O3/c1-15-3-6-22-17(11-15)12-23(29-22)24(27)26-9-7-16(8-10-26)20-14-25-21-5-4-18(28-2)13-19(20)21/h3-6,11-14,16,25H,7-10H2,1-2H3. The lowest BCUT2D eigenvalue weighted by atomic mass is 9.89. The molecule has 0 unspecified atom stereocenters. The number of benzene rings is 2. The van der Waals surface area contributed by atoms with E-state index < -0.39 is 0 Å². The SMILES string of the molecule is COc1ccc2[nH]cc(C3CCN(C(=O)c4cc5cc(C)ccc5o4)CC3)c2c1. The highest BCUT2D eigenvalue weighted by Gasteiger charge is 2.27. The van der Waals surface area contributed by atoms with Crippen LogP contribution in [0.5, 0.6) is 5.75 Å². The second-order valence-electron chi connectivity index (χ2n) is 7.87. The fraction of sp³-hybridized carbons (Fsp3) is 0.292. The Morgan fingerprint density at radius 3 is 2.76 bits per heavy atom. The van der Waals surface area contributed by atoms with Gasteiger partial charge in [-0.3, -0.25) is 4.79 Å². The van der Waals surface area contributed by atoms with Gasteiger partial charge in [0.15, 0.2) is 5.76 Å². The fourth-order valence-corrected chi connectivity index (χ4v) is 4.40. The molecule has 148 valence electrons. The maximum atomic E-state index is 13.0. The van der Waals surface area contributed by atoms with Crippen LogP contribution in [0.2, 0.25) is 0 Å². The summed E-state index contributed by atoms with van der Waals surface area (Å²) in [6.07, 6.45) is 3.98. The molecule has 3 heterocycles. The Balaban J connectivity index is 1.32. The first-order valence-electron chi connectivity index (χ1n) is 10.1. The molecule has 1 aliphatic heterocycles. The summed E-state index contributed by atoms with van der Waals surface area (Å²) in [4.78, 5) is 18.2. The second kappa shape index (κ2) is 6.99. The number of piperidine rings is 1. The average molecular weight is 388 g/mol. The van der Waals surface area contributed by atoms with Crippen molar-refractivity contribution < 1.29 is 13.9 Å². The van der Waals surface area contributed by atoms with Crippen LogP contribution in [0.4, 0.5) is 0 Å². The molecule has 29 heavy (non-hydrogen) atoms. The Bertz CT molecular complexity index is 1200. The molecular weight excluding hydrogens is 364 g/mol. The number of hydrogen-bond acceptors (Lipinski definition) is 3. The zero-order valence-corrected chi connectivity index (χ0v) is 16.7. The van der Waals surface area contributed by atoms with E-state index in [1.807, 2.05) is 42.2 Å². The summed E-state index contributed by atoms with van der Waals surface area (Å²) in [7, 11) is 1.69. The summed E-state index contributed by atoms with van der Waals surface area (Å²) in [5.41, 5.74) is 4.36. The highest BCUT2D eigenvalue weighted by molar-refractivity contribution is 5.96. The normalized spacial score (nSPS) is 15.3. The number of methoxy groups -OCH3 is 1. The number of aryl methyl sites for hydroxylation is 1. The van der Waals surface area contributed by atoms with Gasteiger partial charge < -0.3 is 19.0 Å². The van der Waals surface area contributed by atoms with Gasteiger partial charge >= 0.3 is 0 Å². The maximum Gasteiger partial charge on any atom is 0.289 e. The number of nitrogens with zero attached hydrogens (tertiary/aromatic N) is 1. The van der Waals surface area contributed by atoms with Crippen molar-refractivity contribution in [1.82, 2.24) is 9.88 Å². The van der Waals surface area contributed by atoms with E-state index in [1.165, 1.54) is 10.9 Å². The third kappa shape index (κ3) is 3.16. The number of nitrogens with one attached hydrogen (secondary N) is 1. The van der Waals surface area contributed by atoms with Crippen LogP contribution < -0.4 is 4.74 Å². The zero-order valence-electron chi connectivity index (χ0n) is 16.7. The smallest absolute Gasteiger partial charge is 0.289 e. The van der Waals surface area contributed by atoms with Crippen LogP contribution in [0.3, 0.4) is 0 Å². The number of aromatic nitrogens is 1. The summed E-state index contributed by atoms with van der Waals surface area (Å²) in [6.45, 7) is 3.51. The van der Waals surface area contributed by atoms with Crippen LogP contribution in [0, 0.1) is 6.92 Å². The molecule has 0 bridgehead atoms. The van der Waals surface area contributed by atoms with Gasteiger partial charge in [-0.1, -0.05) is 11.6 Å². The van der Waals surface area contributed by atoms with Crippen LogP contribution in [-0.4, -0.2) is 36.0 Å². The lowest BCUT2D eigenvalue weighted by Crippen LogP contribution is -2.37. The molecular formula is C24H24N2O3. The van der Waals surface area contributed by atoms with Crippen molar-refractivity contribution in [3.8, 4) is 5.75 Å². The highest BCUT2D eigenvalue weighted by atomic mass is 16.5. The minimum absolute atomic E-state index is 0.0158. The number of rotatable bonds is 3. The molecule has 1 saturated heterocycles. The van der Waals surface area contributed by atoms with Crippen LogP contribution in [0.1, 0.15) is 40.4 Å². The van der Waals surface area contributed by atoms with E-state index in [-0.39, 0.29) is 5.91 Å². The maximum absolute atomic E-state index is 13.0. The Labute approximate surface area is 169 Å². The molecule has 1 N–H and O–H groups in total. The molecule has 0 saturated carbocycles. The van der Waals surface area contributed by atoms with Gasteiger partial charge in [0.1, 0.15) is 11.3 Å². The Kier molecular flexibility index (Phi) is 4.31. The summed E-state index contributed by atoms with van der Waals surface area (Å²) in [5.74, 6) is 1.71. The highest BCUT2D eigenvalue weighted by Crippen LogP contribution is 2.35. The number of carbonyl (C=O) groups is 1. The van der Waals surface area contributed by atoms with E-state index in [0.717, 1.165) is 53.7 Å². The van der Waals surface area contributed by atoms with Crippen molar-refractivity contribution in [1.29, 1.82) is 0 Å². The molecule has 4 aromatic rings. The lowest BCUT2D eigenvalue weighted by molar-refractivity contribution is 0.0683. The number of likely N-dealkylation sites (tertiary alicyclic amines) is 1. The molecule has 0 atom stereocenters. The number of ether oxygens (including phenoxy) is 1. The van der Waals surface area contributed by atoms with E-state index >= 15 is 0 Å². The summed E-state index contributed by atoms with van der Waals surface area (Å²) >= 11 is 0. The van der Waals surface area contributed by atoms with Crippen molar-refractivity contribution in [3.63, 3.8) is 0 Å². The Morgan fingerprint density at radius 1 is 1.14 bits per heavy atom. The molecule has 5 nitrogen and oxygen atoms in total. The van der Waals surface area contributed by atoms with Gasteiger partial charge in [0.2, 0.25) is 0 Å². The summed E-state index contributed by atoms with van der Waals surface area (Å²) in [6, 6.07) is 14.0. The van der Waals surface area contributed by atoms with Crippen molar-refractivity contribution in [3.05, 3.63) is 65.5 Å². The van der Waals surface area contributed by atoms with E-state index in [2.05, 4.69) is 23.3 Å². The van der Waals surface area contributed by atoms with E-state index in [9.17, 15) is 4.79 Å². The number of hydrogen-bond donors (Lipinski definition) is 1. The summed E-state index contributed by atoms with van der Waals surface area (Å²) < 4.78 is 11.2. The molecule has 1 fully saturated rings. The van der Waals surface area contributed by atoms with Crippen molar-refractivity contribution in [2.75, 3.05) is 20.2 Å². The van der Waals surface area contributed by atoms with Crippen molar-refractivity contribution >= 4 is 27.8 Å². The molecule has 5 rings (SSSR count). The second-order valence-corrected chi connectivity index (χ2v) is 7.87. The number of aromatic amines is 1. The van der Waals surface area contributed by atoms with Gasteiger partial charge in [0, 0.05) is 35.6 Å². The first kappa shape index (κ1) is 17.9. The molecule has 5 heteroatoms. The van der Waals surface area contributed by atoms with Gasteiger partial charge in [-0.05, 0) is 67.6 Å². The van der Waals surface area contributed by atoms with Crippen molar-refractivity contribution in [2.45, 2.75) is 25.7 Å². The predicted molar refractivity (Wildman–Crippen MR) is 114 cm³/mol. The van der Waals surface area contributed by atoms with Gasteiger partial charge in [-0.2, -0.15) is 0 Å². The van der Waals surface area contributed by atoms with Crippen molar-refractivity contribution in [2.24, 2.45) is 0 Å². The van der Waals surface area contributed by atoms with Crippen LogP contribution >= 0.6 is 0 Å².